The Bertz CT molecular complexity index is 749. The molecule has 0 aliphatic carbocycles. The van der Waals surface area contributed by atoms with Crippen molar-refractivity contribution in [1.82, 2.24) is 9.88 Å². The van der Waals surface area contributed by atoms with Gasteiger partial charge in [-0.05, 0) is 12.1 Å². The number of morpholine rings is 1. The second-order valence-electron chi connectivity index (χ2n) is 4.94. The van der Waals surface area contributed by atoms with Crippen molar-refractivity contribution in [2.24, 2.45) is 0 Å². The van der Waals surface area contributed by atoms with E-state index in [-0.39, 0.29) is 24.6 Å². The van der Waals surface area contributed by atoms with Gasteiger partial charge in [-0.25, -0.2) is 14.2 Å². The van der Waals surface area contributed by atoms with Gasteiger partial charge >= 0.3 is 5.97 Å². The molecule has 1 unspecified atom stereocenters. The van der Waals surface area contributed by atoms with Crippen LogP contribution in [0.5, 0.6) is 0 Å². The van der Waals surface area contributed by atoms with E-state index < -0.39 is 23.7 Å². The molecule has 3 rings (SSSR count). The Morgan fingerprint density at radius 1 is 1.39 bits per heavy atom. The molecular weight excluding hydrogens is 323 g/mol. The van der Waals surface area contributed by atoms with Gasteiger partial charge in [-0.3, -0.25) is 4.79 Å². The molecule has 23 heavy (non-hydrogen) atoms. The number of carbonyl (C=O) groups excluding carboxylic acids is 1. The standard InChI is InChI=1S/C15H13FN2O4S/c16-10-4-2-1-3-9(10)13-17-7-12(23-13)14(19)18-5-6-22-8-11(18)15(20)21/h1-4,7,11H,5-6,8H2,(H,20,21). The number of benzene rings is 1. The highest BCUT2D eigenvalue weighted by atomic mass is 32.1. The number of hydrogen-bond donors (Lipinski definition) is 1. The largest absolute Gasteiger partial charge is 0.480 e. The predicted molar refractivity (Wildman–Crippen MR) is 80.8 cm³/mol. The number of amides is 1. The summed E-state index contributed by atoms with van der Waals surface area (Å²) < 4.78 is 18.9. The third-order valence-electron chi connectivity index (χ3n) is 3.50. The molecule has 0 spiro atoms. The minimum atomic E-state index is -1.11. The molecule has 8 heteroatoms. The van der Waals surface area contributed by atoms with Gasteiger partial charge in [0, 0.05) is 12.1 Å². The van der Waals surface area contributed by atoms with Crippen molar-refractivity contribution in [3.63, 3.8) is 0 Å². The lowest BCUT2D eigenvalue weighted by molar-refractivity contribution is -0.147. The first-order valence-corrected chi connectivity index (χ1v) is 7.72. The van der Waals surface area contributed by atoms with Gasteiger partial charge in [0.25, 0.3) is 5.91 Å². The van der Waals surface area contributed by atoms with E-state index in [4.69, 9.17) is 4.74 Å². The van der Waals surface area contributed by atoms with Crippen LogP contribution < -0.4 is 0 Å². The van der Waals surface area contributed by atoms with Crippen molar-refractivity contribution in [2.45, 2.75) is 6.04 Å². The molecular formula is C15H13FN2O4S. The Balaban J connectivity index is 1.86. The second-order valence-corrected chi connectivity index (χ2v) is 5.97. The molecule has 1 N–H and O–H groups in total. The van der Waals surface area contributed by atoms with Gasteiger partial charge in [-0.1, -0.05) is 12.1 Å². The Morgan fingerprint density at radius 3 is 2.91 bits per heavy atom. The van der Waals surface area contributed by atoms with Crippen LogP contribution in [-0.4, -0.2) is 52.7 Å². The molecule has 1 atom stereocenters. The molecule has 1 amide bonds. The Morgan fingerprint density at radius 2 is 2.17 bits per heavy atom. The number of hydrogen-bond acceptors (Lipinski definition) is 5. The molecule has 1 aromatic heterocycles. The van der Waals surface area contributed by atoms with Crippen LogP contribution in [0.4, 0.5) is 4.39 Å². The number of halogens is 1. The zero-order valence-electron chi connectivity index (χ0n) is 11.9. The molecule has 0 radical (unpaired) electrons. The van der Waals surface area contributed by atoms with Crippen LogP contribution in [0.15, 0.2) is 30.5 Å². The number of rotatable bonds is 3. The second kappa shape index (κ2) is 6.43. The summed E-state index contributed by atoms with van der Waals surface area (Å²) in [6.45, 7) is 0.442. The summed E-state index contributed by atoms with van der Waals surface area (Å²) >= 11 is 1.04. The van der Waals surface area contributed by atoms with E-state index in [1.807, 2.05) is 0 Å². The van der Waals surface area contributed by atoms with Gasteiger partial charge in [0.1, 0.15) is 15.7 Å². The first-order valence-electron chi connectivity index (χ1n) is 6.90. The quantitative estimate of drug-likeness (QED) is 0.926. The molecule has 120 valence electrons. The third kappa shape index (κ3) is 3.08. The number of ether oxygens (including phenoxy) is 1. The van der Waals surface area contributed by atoms with Gasteiger partial charge < -0.3 is 14.7 Å². The molecule has 1 saturated heterocycles. The van der Waals surface area contributed by atoms with E-state index in [1.54, 1.807) is 18.2 Å². The average molecular weight is 336 g/mol. The SMILES string of the molecule is O=C(O)C1COCCN1C(=O)c1cnc(-c2ccccc2F)s1. The normalized spacial score (nSPS) is 18.0. The summed E-state index contributed by atoms with van der Waals surface area (Å²) in [5.74, 6) is -1.96. The minimum absolute atomic E-state index is 0.0416. The summed E-state index contributed by atoms with van der Waals surface area (Å²) in [4.78, 5) is 29.4. The van der Waals surface area contributed by atoms with Crippen LogP contribution in [-0.2, 0) is 9.53 Å². The summed E-state index contributed by atoms with van der Waals surface area (Å²) in [6.07, 6.45) is 1.35. The number of carboxylic acid groups (broad SMARTS) is 1. The van der Waals surface area contributed by atoms with E-state index in [2.05, 4.69) is 4.98 Å². The van der Waals surface area contributed by atoms with Crippen LogP contribution in [0.25, 0.3) is 10.6 Å². The fourth-order valence-electron chi connectivity index (χ4n) is 2.33. The van der Waals surface area contributed by atoms with Gasteiger partial charge in [0.2, 0.25) is 0 Å². The van der Waals surface area contributed by atoms with Gasteiger partial charge in [-0.15, -0.1) is 11.3 Å². The summed E-state index contributed by atoms with van der Waals surface area (Å²) in [5.41, 5.74) is 0.313. The first kappa shape index (κ1) is 15.6. The van der Waals surface area contributed by atoms with Crippen LogP contribution in [0.3, 0.4) is 0 Å². The van der Waals surface area contributed by atoms with Crippen LogP contribution in [0, 0.1) is 5.82 Å². The lowest BCUT2D eigenvalue weighted by atomic mass is 10.2. The van der Waals surface area contributed by atoms with Crippen molar-refractivity contribution < 1.29 is 23.8 Å². The van der Waals surface area contributed by atoms with Gasteiger partial charge in [-0.2, -0.15) is 0 Å². The molecule has 1 aliphatic heterocycles. The monoisotopic (exact) mass is 336 g/mol. The summed E-state index contributed by atoms with van der Waals surface area (Å²) in [6, 6.07) is 5.14. The molecule has 2 heterocycles. The Hall–Kier alpha value is -2.32. The number of aromatic nitrogens is 1. The average Bonchev–Trinajstić information content (AvgIpc) is 3.04. The lowest BCUT2D eigenvalue weighted by Gasteiger charge is -2.32. The van der Waals surface area contributed by atoms with Crippen molar-refractivity contribution in [3.8, 4) is 10.6 Å². The van der Waals surface area contributed by atoms with E-state index >= 15 is 0 Å². The van der Waals surface area contributed by atoms with Crippen molar-refractivity contribution in [3.05, 3.63) is 41.2 Å². The molecule has 1 aliphatic rings. The molecule has 2 aromatic rings. The topological polar surface area (TPSA) is 79.7 Å². The van der Waals surface area contributed by atoms with E-state index in [0.717, 1.165) is 11.3 Å². The predicted octanol–water partition coefficient (Wildman–Crippen LogP) is 1.87. The molecule has 0 bridgehead atoms. The Labute approximate surface area is 135 Å². The maximum absolute atomic E-state index is 13.8. The Kier molecular flexibility index (Phi) is 4.35. The molecule has 1 fully saturated rings. The number of thiazole rings is 1. The molecule has 6 nitrogen and oxygen atoms in total. The van der Waals surface area contributed by atoms with E-state index in [0.29, 0.717) is 10.6 Å². The van der Waals surface area contributed by atoms with Crippen molar-refractivity contribution >= 4 is 23.2 Å². The van der Waals surface area contributed by atoms with Crippen LogP contribution in [0.2, 0.25) is 0 Å². The van der Waals surface area contributed by atoms with Crippen LogP contribution in [0.1, 0.15) is 9.67 Å². The zero-order valence-corrected chi connectivity index (χ0v) is 12.8. The molecule has 0 saturated carbocycles. The first-order chi connectivity index (χ1) is 11.1. The fourth-order valence-corrected chi connectivity index (χ4v) is 3.22. The third-order valence-corrected chi connectivity index (χ3v) is 4.51. The number of carbonyl (C=O) groups is 2. The fraction of sp³-hybridized carbons (Fsp3) is 0.267. The summed E-state index contributed by atoms with van der Waals surface area (Å²) in [5, 5.41) is 9.57. The number of nitrogens with zero attached hydrogens (tertiary/aromatic N) is 2. The lowest BCUT2D eigenvalue weighted by Crippen LogP contribution is -2.52. The van der Waals surface area contributed by atoms with Crippen LogP contribution >= 0.6 is 11.3 Å². The minimum Gasteiger partial charge on any atom is -0.480 e. The van der Waals surface area contributed by atoms with Gasteiger partial charge in [0.15, 0.2) is 6.04 Å². The molecule has 1 aromatic carbocycles. The summed E-state index contributed by atoms with van der Waals surface area (Å²) in [7, 11) is 0. The van der Waals surface area contributed by atoms with Gasteiger partial charge in [0.05, 0.1) is 19.4 Å². The van der Waals surface area contributed by atoms with Crippen molar-refractivity contribution in [1.29, 1.82) is 0 Å². The smallest absolute Gasteiger partial charge is 0.328 e. The number of aliphatic carboxylic acids is 1. The maximum atomic E-state index is 13.8. The maximum Gasteiger partial charge on any atom is 0.328 e. The highest BCUT2D eigenvalue weighted by molar-refractivity contribution is 7.16. The van der Waals surface area contributed by atoms with E-state index in [9.17, 15) is 19.1 Å². The number of carboxylic acids is 1. The van der Waals surface area contributed by atoms with E-state index in [1.165, 1.54) is 17.2 Å². The van der Waals surface area contributed by atoms with Crippen molar-refractivity contribution in [2.75, 3.05) is 19.8 Å². The highest BCUT2D eigenvalue weighted by Gasteiger charge is 2.34. The highest BCUT2D eigenvalue weighted by Crippen LogP contribution is 2.28. The zero-order chi connectivity index (χ0) is 16.4.